The van der Waals surface area contributed by atoms with Gasteiger partial charge in [0.1, 0.15) is 0 Å². The molecule has 28 heavy (non-hydrogen) atoms. The molecule has 1 heteroatoms. The van der Waals surface area contributed by atoms with Crippen LogP contribution in [-0.4, -0.2) is 4.98 Å². The van der Waals surface area contributed by atoms with Gasteiger partial charge in [0.15, 0.2) is 0 Å². The van der Waals surface area contributed by atoms with Gasteiger partial charge in [-0.15, -0.1) is 0 Å². The van der Waals surface area contributed by atoms with E-state index in [0.717, 1.165) is 44.8 Å². The van der Waals surface area contributed by atoms with Crippen LogP contribution in [0.3, 0.4) is 0 Å². The van der Waals surface area contributed by atoms with Crippen LogP contribution in [0.25, 0.3) is 23.3 Å². The van der Waals surface area contributed by atoms with E-state index in [-0.39, 0.29) is 0 Å². The fourth-order valence-corrected chi connectivity index (χ4v) is 2.86. The molecule has 142 valence electrons. The molecule has 0 radical (unpaired) electrons. The molecular weight excluding hydrogens is 338 g/mol. The lowest BCUT2D eigenvalue weighted by Crippen LogP contribution is -1.91. The lowest BCUT2D eigenvalue weighted by atomic mass is 9.97. The fourth-order valence-electron chi connectivity index (χ4n) is 2.86. The predicted molar refractivity (Wildman–Crippen MR) is 130 cm³/mol. The van der Waals surface area contributed by atoms with Gasteiger partial charge < -0.3 is 4.98 Å². The molecular formula is C27H29N. The summed E-state index contributed by atoms with van der Waals surface area (Å²) in [4.78, 5) is 3.56. The van der Waals surface area contributed by atoms with Crippen molar-refractivity contribution in [1.82, 2.24) is 4.98 Å². The van der Waals surface area contributed by atoms with Crippen LogP contribution in [0, 0.1) is 0 Å². The molecule has 0 spiro atoms. The Kier molecular flexibility index (Phi) is 8.98. The third-order valence-electron chi connectivity index (χ3n) is 4.31. The van der Waals surface area contributed by atoms with Crippen molar-refractivity contribution >= 4 is 23.3 Å². The van der Waals surface area contributed by atoms with Gasteiger partial charge in [-0.2, -0.15) is 0 Å². The number of nitrogens with one attached hydrogen (secondary N) is 1. The number of hydrogen-bond donors (Lipinski definition) is 1. The van der Waals surface area contributed by atoms with Crippen molar-refractivity contribution in [2.24, 2.45) is 0 Å². The first-order valence-corrected chi connectivity index (χ1v) is 8.96. The molecule has 0 aromatic carbocycles. The van der Waals surface area contributed by atoms with Crippen LogP contribution < -0.4 is 0 Å². The van der Waals surface area contributed by atoms with Gasteiger partial charge in [-0.25, -0.2) is 0 Å². The van der Waals surface area contributed by atoms with Gasteiger partial charge in [0.05, 0.1) is 11.4 Å². The average molecular weight is 368 g/mol. The van der Waals surface area contributed by atoms with Gasteiger partial charge in [-0.1, -0.05) is 113 Å². The summed E-state index contributed by atoms with van der Waals surface area (Å²) in [5.41, 5.74) is 7.65. The van der Waals surface area contributed by atoms with E-state index >= 15 is 0 Å². The number of H-pyrrole nitrogens is 1. The summed E-state index contributed by atoms with van der Waals surface area (Å²) in [7, 11) is 0. The SMILES string of the molecule is C=C/C=C\C(=C(C=C)C=C)c1[nH]c(C(/C=C\C=C)=C(/C)C=C)c(C=C)c1C=C. The zero-order chi connectivity index (χ0) is 21.1. The minimum atomic E-state index is 0.900. The highest BCUT2D eigenvalue weighted by Crippen LogP contribution is 2.35. The molecule has 1 aromatic heterocycles. The zero-order valence-electron chi connectivity index (χ0n) is 16.8. The van der Waals surface area contributed by atoms with E-state index in [1.165, 1.54) is 0 Å². The smallest absolute Gasteiger partial charge is 0.0544 e. The summed E-state index contributed by atoms with van der Waals surface area (Å²) >= 11 is 0. The highest BCUT2D eigenvalue weighted by Gasteiger charge is 2.18. The van der Waals surface area contributed by atoms with Crippen LogP contribution >= 0.6 is 0 Å². The molecule has 0 aliphatic carbocycles. The van der Waals surface area contributed by atoms with Crippen molar-refractivity contribution in [1.29, 1.82) is 0 Å². The molecule has 1 N–H and O–H groups in total. The molecule has 1 rings (SSSR count). The van der Waals surface area contributed by atoms with Gasteiger partial charge in [0.2, 0.25) is 0 Å². The molecule has 0 aliphatic rings. The van der Waals surface area contributed by atoms with Crippen LogP contribution in [0.4, 0.5) is 0 Å². The van der Waals surface area contributed by atoms with Crippen molar-refractivity contribution < 1.29 is 0 Å². The molecule has 0 bridgehead atoms. The van der Waals surface area contributed by atoms with Crippen LogP contribution in [-0.2, 0) is 0 Å². The molecule has 1 aromatic rings. The van der Waals surface area contributed by atoms with E-state index in [0.29, 0.717) is 0 Å². The molecule has 0 amide bonds. The van der Waals surface area contributed by atoms with Crippen LogP contribution in [0.1, 0.15) is 29.4 Å². The number of rotatable bonds is 11. The zero-order valence-corrected chi connectivity index (χ0v) is 16.8. The second-order valence-corrected chi connectivity index (χ2v) is 5.88. The topological polar surface area (TPSA) is 15.8 Å². The number of allylic oxidation sites excluding steroid dienone is 13. The molecule has 0 saturated heterocycles. The number of aromatic nitrogens is 1. The Morgan fingerprint density at radius 1 is 0.679 bits per heavy atom. The van der Waals surface area contributed by atoms with E-state index in [1.54, 1.807) is 24.3 Å². The summed E-state index contributed by atoms with van der Waals surface area (Å²) in [5, 5.41) is 0. The Labute approximate surface area is 169 Å². The van der Waals surface area contributed by atoms with Gasteiger partial charge in [0, 0.05) is 22.3 Å². The van der Waals surface area contributed by atoms with Crippen molar-refractivity contribution in [2.45, 2.75) is 6.92 Å². The maximum absolute atomic E-state index is 4.02. The monoisotopic (exact) mass is 367 g/mol. The normalized spacial score (nSPS) is 11.6. The molecule has 1 heterocycles. The third kappa shape index (κ3) is 4.77. The summed E-state index contributed by atoms with van der Waals surface area (Å²) in [5.74, 6) is 0. The van der Waals surface area contributed by atoms with E-state index in [1.807, 2.05) is 49.5 Å². The van der Waals surface area contributed by atoms with Gasteiger partial charge in [0.25, 0.3) is 0 Å². The van der Waals surface area contributed by atoms with E-state index in [9.17, 15) is 0 Å². The van der Waals surface area contributed by atoms with Gasteiger partial charge >= 0.3 is 0 Å². The summed E-state index contributed by atoms with van der Waals surface area (Å²) in [6.45, 7) is 29.3. The van der Waals surface area contributed by atoms with Crippen LogP contribution in [0.5, 0.6) is 0 Å². The number of aromatic amines is 1. The van der Waals surface area contributed by atoms with Crippen molar-refractivity contribution in [2.75, 3.05) is 0 Å². The lowest BCUT2D eigenvalue weighted by molar-refractivity contribution is 1.29. The molecule has 0 fully saturated rings. The maximum Gasteiger partial charge on any atom is 0.0544 e. The number of hydrogen-bond acceptors (Lipinski definition) is 0. The molecule has 1 nitrogen and oxygen atoms in total. The maximum atomic E-state index is 4.02. The predicted octanol–water partition coefficient (Wildman–Crippen LogP) is 7.87. The van der Waals surface area contributed by atoms with Gasteiger partial charge in [-0.05, 0) is 18.1 Å². The van der Waals surface area contributed by atoms with Crippen molar-refractivity contribution in [3.05, 3.63) is 134 Å². The Balaban J connectivity index is 4.05. The first kappa shape index (κ1) is 22.5. The largest absolute Gasteiger partial charge is 0.354 e. The second-order valence-electron chi connectivity index (χ2n) is 5.88. The highest BCUT2D eigenvalue weighted by molar-refractivity contribution is 5.91. The van der Waals surface area contributed by atoms with Crippen molar-refractivity contribution in [3.63, 3.8) is 0 Å². The minimum Gasteiger partial charge on any atom is -0.354 e. The quantitative estimate of drug-likeness (QED) is 0.383. The highest BCUT2D eigenvalue weighted by atomic mass is 14.7. The van der Waals surface area contributed by atoms with E-state index in [4.69, 9.17) is 0 Å². The second kappa shape index (κ2) is 11.2. The molecule has 0 saturated carbocycles. The Hall–Kier alpha value is -3.58. The minimum absolute atomic E-state index is 0.900. The Morgan fingerprint density at radius 2 is 1.14 bits per heavy atom. The summed E-state index contributed by atoms with van der Waals surface area (Å²) in [6, 6.07) is 0. The molecule has 0 aliphatic heterocycles. The molecule has 0 unspecified atom stereocenters. The van der Waals surface area contributed by atoms with Crippen LogP contribution in [0.2, 0.25) is 0 Å². The van der Waals surface area contributed by atoms with Gasteiger partial charge in [-0.3, -0.25) is 0 Å². The first-order valence-electron chi connectivity index (χ1n) is 8.96. The third-order valence-corrected chi connectivity index (χ3v) is 4.31. The Bertz CT molecular complexity index is 923. The first-order chi connectivity index (χ1) is 13.5. The van der Waals surface area contributed by atoms with Crippen LogP contribution in [0.15, 0.2) is 112 Å². The average Bonchev–Trinajstić information content (AvgIpc) is 3.09. The van der Waals surface area contributed by atoms with E-state index in [2.05, 4.69) is 51.0 Å². The van der Waals surface area contributed by atoms with Crippen molar-refractivity contribution in [3.8, 4) is 0 Å². The fraction of sp³-hybridized carbons (Fsp3) is 0.0370. The Morgan fingerprint density at radius 3 is 1.54 bits per heavy atom. The summed E-state index contributed by atoms with van der Waals surface area (Å²) in [6.07, 6.45) is 20.3. The standard InChI is InChI=1S/C27H29N/c1-9-16-18-24(20(8)11-3)26-22(14-6)23(15-7)27(28-26)25(19-17-10-2)21(12-4)13-5/h9-19,28H,1-7H2,8H3/b18-16-,19-17-,24-20-. The van der Waals surface area contributed by atoms with E-state index < -0.39 is 0 Å². The summed E-state index contributed by atoms with van der Waals surface area (Å²) < 4.78 is 0. The lowest BCUT2D eigenvalue weighted by Gasteiger charge is -2.07. The molecule has 0 atom stereocenters.